The van der Waals surface area contributed by atoms with Gasteiger partial charge in [-0.3, -0.25) is 15.1 Å². The van der Waals surface area contributed by atoms with E-state index in [0.29, 0.717) is 35.4 Å². The summed E-state index contributed by atoms with van der Waals surface area (Å²) in [6.45, 7) is 4.75. The molecule has 1 amide bonds. The molecule has 2 heterocycles. The topological polar surface area (TPSA) is 73.3 Å². The quantitative estimate of drug-likeness (QED) is 0.444. The van der Waals surface area contributed by atoms with Gasteiger partial charge in [0.2, 0.25) is 0 Å². The molecule has 0 aliphatic rings. The van der Waals surface area contributed by atoms with E-state index in [1.54, 1.807) is 30.6 Å². The maximum absolute atomic E-state index is 12.8. The third kappa shape index (κ3) is 4.41. The van der Waals surface area contributed by atoms with Gasteiger partial charge in [0.15, 0.2) is 16.6 Å². The van der Waals surface area contributed by atoms with E-state index in [4.69, 9.17) is 9.47 Å². The summed E-state index contributed by atoms with van der Waals surface area (Å²) in [6.07, 6.45) is 3.44. The zero-order valence-corrected chi connectivity index (χ0v) is 17.5. The Balaban J connectivity index is 1.51. The van der Waals surface area contributed by atoms with Crippen LogP contribution in [-0.4, -0.2) is 22.5 Å². The Hall–Kier alpha value is -3.45. The highest BCUT2D eigenvalue weighted by Gasteiger charge is 2.14. The Kier molecular flexibility index (Phi) is 5.90. The fourth-order valence-electron chi connectivity index (χ4n) is 2.99. The third-order valence-corrected chi connectivity index (χ3v) is 5.43. The summed E-state index contributed by atoms with van der Waals surface area (Å²) in [7, 11) is 0. The standard InChI is InChI=1S/C23H21N3O3S/c1-3-28-19-13-17(7-8-18(19)29-14-16-9-11-24-12-10-16)22(27)26-23-25-21-15(2)5-4-6-20(21)30-23/h4-13H,3,14H2,1-2H3,(H,25,26,27). The van der Waals surface area contributed by atoms with Gasteiger partial charge in [-0.15, -0.1) is 0 Å². The van der Waals surface area contributed by atoms with Crippen molar-refractivity contribution in [3.8, 4) is 11.5 Å². The van der Waals surface area contributed by atoms with Gasteiger partial charge in [0, 0.05) is 18.0 Å². The molecule has 2 aromatic heterocycles. The second kappa shape index (κ2) is 8.92. The highest BCUT2D eigenvalue weighted by atomic mass is 32.1. The third-order valence-electron chi connectivity index (χ3n) is 4.49. The fraction of sp³-hybridized carbons (Fsp3) is 0.174. The predicted octanol–water partition coefficient (Wildman–Crippen LogP) is 5.23. The summed E-state index contributed by atoms with van der Waals surface area (Å²) >= 11 is 1.45. The number of amides is 1. The van der Waals surface area contributed by atoms with Crippen LogP contribution in [-0.2, 0) is 6.61 Å². The van der Waals surface area contributed by atoms with Gasteiger partial charge < -0.3 is 9.47 Å². The molecule has 1 N–H and O–H groups in total. The van der Waals surface area contributed by atoms with Gasteiger partial charge in [-0.05, 0) is 61.4 Å². The smallest absolute Gasteiger partial charge is 0.257 e. The van der Waals surface area contributed by atoms with E-state index in [9.17, 15) is 4.79 Å². The van der Waals surface area contributed by atoms with Crippen LogP contribution in [0.1, 0.15) is 28.4 Å². The fourth-order valence-corrected chi connectivity index (χ4v) is 3.92. The van der Waals surface area contributed by atoms with E-state index in [0.717, 1.165) is 21.3 Å². The van der Waals surface area contributed by atoms with Crippen molar-refractivity contribution in [3.05, 3.63) is 77.6 Å². The first-order valence-electron chi connectivity index (χ1n) is 9.60. The van der Waals surface area contributed by atoms with E-state index in [-0.39, 0.29) is 5.91 Å². The number of nitrogens with zero attached hydrogens (tertiary/aromatic N) is 2. The van der Waals surface area contributed by atoms with Crippen molar-refractivity contribution < 1.29 is 14.3 Å². The molecule has 7 heteroatoms. The largest absolute Gasteiger partial charge is 0.490 e. The highest BCUT2D eigenvalue weighted by molar-refractivity contribution is 7.22. The summed E-state index contributed by atoms with van der Waals surface area (Å²) in [4.78, 5) is 21.3. The zero-order chi connectivity index (χ0) is 20.9. The number of benzene rings is 2. The van der Waals surface area contributed by atoms with Gasteiger partial charge in [0.05, 0.1) is 16.8 Å². The van der Waals surface area contributed by atoms with Gasteiger partial charge >= 0.3 is 0 Å². The van der Waals surface area contributed by atoms with Gasteiger partial charge in [0.25, 0.3) is 5.91 Å². The van der Waals surface area contributed by atoms with Crippen LogP contribution in [0.25, 0.3) is 10.2 Å². The van der Waals surface area contributed by atoms with Crippen molar-refractivity contribution in [1.82, 2.24) is 9.97 Å². The number of anilines is 1. The molecule has 0 fully saturated rings. The molecule has 4 rings (SSSR count). The van der Waals surface area contributed by atoms with Gasteiger partial charge in [0.1, 0.15) is 6.61 Å². The number of carbonyl (C=O) groups is 1. The minimum absolute atomic E-state index is 0.242. The molecule has 2 aromatic carbocycles. The molecule has 0 saturated carbocycles. The number of pyridine rings is 1. The van der Waals surface area contributed by atoms with Crippen LogP contribution in [0.5, 0.6) is 11.5 Å². The second-order valence-electron chi connectivity index (χ2n) is 6.63. The Morgan fingerprint density at radius 3 is 2.67 bits per heavy atom. The summed E-state index contributed by atoms with van der Waals surface area (Å²) in [6, 6.07) is 14.9. The molecule has 0 spiro atoms. The van der Waals surface area contributed by atoms with Crippen molar-refractivity contribution >= 4 is 32.6 Å². The van der Waals surface area contributed by atoms with Gasteiger partial charge in [-0.1, -0.05) is 23.5 Å². The number of rotatable bonds is 7. The molecule has 0 unspecified atom stereocenters. The molecule has 30 heavy (non-hydrogen) atoms. The number of ether oxygens (including phenoxy) is 2. The number of thiazole rings is 1. The average Bonchev–Trinajstić information content (AvgIpc) is 3.17. The number of fused-ring (bicyclic) bond motifs is 1. The van der Waals surface area contributed by atoms with E-state index in [1.165, 1.54) is 11.3 Å². The number of carbonyl (C=O) groups excluding carboxylic acids is 1. The van der Waals surface area contributed by atoms with Crippen molar-refractivity contribution in [1.29, 1.82) is 0 Å². The van der Waals surface area contributed by atoms with Crippen molar-refractivity contribution in [2.75, 3.05) is 11.9 Å². The predicted molar refractivity (Wildman–Crippen MR) is 118 cm³/mol. The molecule has 4 aromatic rings. The number of para-hydroxylation sites is 1. The molecule has 152 valence electrons. The monoisotopic (exact) mass is 419 g/mol. The van der Waals surface area contributed by atoms with Gasteiger partial charge in [-0.25, -0.2) is 4.98 Å². The van der Waals surface area contributed by atoms with E-state index in [2.05, 4.69) is 15.3 Å². The molecular formula is C23H21N3O3S. The Morgan fingerprint density at radius 2 is 1.90 bits per heavy atom. The summed E-state index contributed by atoms with van der Waals surface area (Å²) < 4.78 is 12.6. The summed E-state index contributed by atoms with van der Waals surface area (Å²) in [5.41, 5.74) is 3.47. The van der Waals surface area contributed by atoms with Crippen LogP contribution in [0, 0.1) is 6.92 Å². The molecule has 0 bridgehead atoms. The van der Waals surface area contributed by atoms with Crippen LogP contribution in [0.3, 0.4) is 0 Å². The van der Waals surface area contributed by atoms with Crippen LogP contribution in [0.4, 0.5) is 5.13 Å². The van der Waals surface area contributed by atoms with Crippen LogP contribution in [0.15, 0.2) is 60.9 Å². The van der Waals surface area contributed by atoms with E-state index >= 15 is 0 Å². The molecule has 6 nitrogen and oxygen atoms in total. The molecule has 0 aliphatic carbocycles. The number of hydrogen-bond acceptors (Lipinski definition) is 6. The van der Waals surface area contributed by atoms with E-state index < -0.39 is 0 Å². The zero-order valence-electron chi connectivity index (χ0n) is 16.7. The van der Waals surface area contributed by atoms with E-state index in [1.807, 2.05) is 44.2 Å². The lowest BCUT2D eigenvalue weighted by atomic mass is 10.2. The van der Waals surface area contributed by atoms with Crippen LogP contribution >= 0.6 is 11.3 Å². The highest BCUT2D eigenvalue weighted by Crippen LogP contribution is 2.31. The minimum atomic E-state index is -0.242. The number of hydrogen-bond donors (Lipinski definition) is 1. The normalized spacial score (nSPS) is 10.7. The Morgan fingerprint density at radius 1 is 1.07 bits per heavy atom. The lowest BCUT2D eigenvalue weighted by Crippen LogP contribution is -2.12. The Bertz CT molecular complexity index is 1180. The van der Waals surface area contributed by atoms with Crippen LogP contribution in [0.2, 0.25) is 0 Å². The number of aromatic nitrogens is 2. The van der Waals surface area contributed by atoms with Crippen molar-refractivity contribution in [2.45, 2.75) is 20.5 Å². The maximum Gasteiger partial charge on any atom is 0.257 e. The lowest BCUT2D eigenvalue weighted by Gasteiger charge is -2.13. The lowest BCUT2D eigenvalue weighted by molar-refractivity contribution is 0.102. The maximum atomic E-state index is 12.8. The SMILES string of the molecule is CCOc1cc(C(=O)Nc2nc3c(C)cccc3s2)ccc1OCc1ccncc1. The summed E-state index contributed by atoms with van der Waals surface area (Å²) in [5.74, 6) is 0.869. The minimum Gasteiger partial charge on any atom is -0.490 e. The first-order chi connectivity index (χ1) is 14.6. The van der Waals surface area contributed by atoms with Crippen molar-refractivity contribution in [2.24, 2.45) is 0 Å². The van der Waals surface area contributed by atoms with Crippen molar-refractivity contribution in [3.63, 3.8) is 0 Å². The second-order valence-corrected chi connectivity index (χ2v) is 7.66. The molecular weight excluding hydrogens is 398 g/mol. The number of aryl methyl sites for hydroxylation is 1. The molecule has 0 atom stereocenters. The first kappa shape index (κ1) is 19.8. The number of nitrogens with one attached hydrogen (secondary N) is 1. The molecule has 0 radical (unpaired) electrons. The summed E-state index contributed by atoms with van der Waals surface area (Å²) in [5, 5.41) is 3.46. The molecule has 0 aliphatic heterocycles. The first-order valence-corrected chi connectivity index (χ1v) is 10.4. The average molecular weight is 420 g/mol. The van der Waals surface area contributed by atoms with Gasteiger partial charge in [-0.2, -0.15) is 0 Å². The molecule has 0 saturated heterocycles. The Labute approximate surface area is 178 Å². The van der Waals surface area contributed by atoms with Crippen LogP contribution < -0.4 is 14.8 Å².